The van der Waals surface area contributed by atoms with E-state index >= 15 is 0 Å². The van der Waals surface area contributed by atoms with Crippen LogP contribution in [0.4, 0.5) is 0 Å². The summed E-state index contributed by atoms with van der Waals surface area (Å²) in [7, 11) is 0. The maximum atomic E-state index is 11.7. The van der Waals surface area contributed by atoms with E-state index in [2.05, 4.69) is 68.4 Å². The molecule has 0 unspecified atom stereocenters. The minimum Gasteiger partial charge on any atom is -0.512 e. The minimum atomic E-state index is 0. The number of ketones is 1. The number of benzene rings is 3. The van der Waals surface area contributed by atoms with Gasteiger partial charge in [0, 0.05) is 52.4 Å². The average molecular weight is 805 g/mol. The van der Waals surface area contributed by atoms with Crippen LogP contribution in [0, 0.1) is 31.7 Å². The number of aromatic nitrogens is 1. The summed E-state index contributed by atoms with van der Waals surface area (Å²) in [5.41, 5.74) is 3.60. The predicted molar refractivity (Wildman–Crippen MR) is 186 cm³/mol. The monoisotopic (exact) mass is 805 g/mol. The molecule has 0 aliphatic heterocycles. The molecule has 3 aromatic heterocycles. The molecule has 0 amide bonds. The molecule has 0 saturated heterocycles. The molecule has 1 N–H and O–H groups in total. The Morgan fingerprint density at radius 1 is 0.860 bits per heavy atom. The van der Waals surface area contributed by atoms with Gasteiger partial charge in [-0.1, -0.05) is 74.4 Å². The summed E-state index contributed by atoms with van der Waals surface area (Å²) in [5.74, 6) is 0.547. The van der Waals surface area contributed by atoms with Gasteiger partial charge in [-0.15, -0.1) is 11.6 Å². The maximum absolute atomic E-state index is 11.7. The average Bonchev–Trinajstić information content (AvgIpc) is 3.67. The number of hydrogen-bond acceptors (Lipinski definition) is 6. The van der Waals surface area contributed by atoms with Crippen molar-refractivity contribution in [2.45, 2.75) is 67.2 Å². The van der Waals surface area contributed by atoms with Crippen LogP contribution in [0.25, 0.3) is 51.0 Å². The number of rotatable bonds is 8. The third-order valence-electron chi connectivity index (χ3n) is 8.29. The molecule has 3 aromatic carbocycles. The van der Waals surface area contributed by atoms with Gasteiger partial charge >= 0.3 is 0 Å². The molecule has 1 radical (unpaired) electrons. The number of thiophene rings is 2. The molecule has 7 heteroatoms. The van der Waals surface area contributed by atoms with E-state index in [-0.39, 0.29) is 43.5 Å². The van der Waals surface area contributed by atoms with Gasteiger partial charge in [0.25, 0.3) is 0 Å². The number of allylic oxidation sites excluding steroid dienone is 2. The van der Waals surface area contributed by atoms with E-state index in [0.29, 0.717) is 0 Å². The number of fused-ring (bicyclic) bond motifs is 6. The van der Waals surface area contributed by atoms with Crippen molar-refractivity contribution in [1.29, 1.82) is 0 Å². The molecule has 43 heavy (non-hydrogen) atoms. The van der Waals surface area contributed by atoms with Crippen LogP contribution in [0.1, 0.15) is 63.8 Å². The number of para-hydroxylation sites is 1. The molecular formula is C36H38IrNO2S3-. The summed E-state index contributed by atoms with van der Waals surface area (Å²) in [4.78, 5) is 18.0. The Morgan fingerprint density at radius 2 is 1.49 bits per heavy atom. The number of aryl methyl sites for hydroxylation is 2. The fourth-order valence-corrected chi connectivity index (χ4v) is 8.98. The fourth-order valence-electron chi connectivity index (χ4n) is 5.55. The van der Waals surface area contributed by atoms with Crippen molar-refractivity contribution >= 4 is 80.3 Å². The van der Waals surface area contributed by atoms with Crippen molar-refractivity contribution in [1.82, 2.24) is 4.98 Å². The summed E-state index contributed by atoms with van der Waals surface area (Å²) >= 11 is 5.51. The Kier molecular flexibility index (Phi) is 11.4. The van der Waals surface area contributed by atoms with Crippen LogP contribution < -0.4 is 0 Å². The third kappa shape index (κ3) is 6.67. The molecule has 0 fully saturated rings. The summed E-state index contributed by atoms with van der Waals surface area (Å²) < 4.78 is 5.19. The van der Waals surface area contributed by atoms with Gasteiger partial charge in [0.05, 0.1) is 11.3 Å². The first kappa shape index (κ1) is 33.5. The number of carbonyl (C=O) groups excluding carboxylic acids is 1. The number of thiazole rings is 1. The zero-order valence-corrected chi connectivity index (χ0v) is 30.4. The zero-order chi connectivity index (χ0) is 30.0. The largest absolute Gasteiger partial charge is 0.512 e. The number of nitrogens with zero attached hydrogens (tertiary/aromatic N) is 1. The van der Waals surface area contributed by atoms with Gasteiger partial charge in [0.1, 0.15) is 0 Å². The summed E-state index contributed by atoms with van der Waals surface area (Å²) in [6, 6.07) is 20.9. The van der Waals surface area contributed by atoms with Crippen molar-refractivity contribution in [3.05, 3.63) is 76.9 Å². The van der Waals surface area contributed by atoms with Crippen molar-refractivity contribution in [2.75, 3.05) is 0 Å². The first-order chi connectivity index (χ1) is 20.3. The van der Waals surface area contributed by atoms with Crippen molar-refractivity contribution in [2.24, 2.45) is 11.8 Å². The normalized spacial score (nSPS) is 12.0. The van der Waals surface area contributed by atoms with Gasteiger partial charge in [-0.25, -0.2) is 0 Å². The second kappa shape index (κ2) is 14.6. The first-order valence-electron chi connectivity index (χ1n) is 14.9. The standard InChI is InChI=1S/C23H14NS3.C13H24O2.Ir/c1-12-13(2)25-19-11-15(23-24-16-8-4-6-10-18(16)27-23)21-14-7-3-5-9-17(14)26-22(21)20(12)19;1-5-10(6-2)12(14)9-13(15)11(7-3)8-4;/h3-10H,1-2H3;9-11,14H,5-8H2,1-4H3;/q-1;;/b;12-9-;. The molecule has 6 aromatic rings. The number of hydrogen-bond donors (Lipinski definition) is 1. The number of carbonyl (C=O) groups is 1. The van der Waals surface area contributed by atoms with Crippen LogP contribution in [0.3, 0.4) is 0 Å². The van der Waals surface area contributed by atoms with E-state index in [4.69, 9.17) is 4.98 Å². The maximum Gasteiger partial charge on any atom is 0.162 e. The van der Waals surface area contributed by atoms with E-state index in [0.717, 1.165) is 41.8 Å². The van der Waals surface area contributed by atoms with Gasteiger partial charge in [0.15, 0.2) is 5.78 Å². The first-order valence-corrected chi connectivity index (χ1v) is 17.3. The molecule has 6 rings (SSSR count). The van der Waals surface area contributed by atoms with E-state index in [1.54, 1.807) is 11.3 Å². The molecule has 0 spiro atoms. The Hall–Kier alpha value is -2.41. The van der Waals surface area contributed by atoms with Crippen LogP contribution in [-0.4, -0.2) is 15.9 Å². The Balaban J connectivity index is 0.000000230. The number of aliphatic hydroxyl groups is 1. The van der Waals surface area contributed by atoms with Gasteiger partial charge < -0.3 is 5.11 Å². The molecule has 0 aliphatic rings. The molecule has 3 heterocycles. The van der Waals surface area contributed by atoms with E-state index in [1.165, 1.54) is 51.5 Å². The van der Waals surface area contributed by atoms with E-state index in [1.807, 2.05) is 50.4 Å². The molecule has 0 atom stereocenters. The van der Waals surface area contributed by atoms with Crippen LogP contribution in [0.2, 0.25) is 0 Å². The Morgan fingerprint density at radius 3 is 2.14 bits per heavy atom. The smallest absolute Gasteiger partial charge is 0.162 e. The second-order valence-corrected chi connectivity index (χ2v) is 14.1. The van der Waals surface area contributed by atoms with Crippen LogP contribution in [-0.2, 0) is 24.9 Å². The Bertz CT molecular complexity index is 1870. The second-order valence-electron chi connectivity index (χ2n) is 10.8. The van der Waals surface area contributed by atoms with Crippen molar-refractivity contribution < 1.29 is 30.0 Å². The number of aliphatic hydroxyl groups excluding tert-OH is 1. The van der Waals surface area contributed by atoms with Crippen LogP contribution >= 0.6 is 34.0 Å². The molecular weight excluding hydrogens is 767 g/mol. The molecule has 3 nitrogen and oxygen atoms in total. The van der Waals surface area contributed by atoms with E-state index in [9.17, 15) is 9.90 Å². The Labute approximate surface area is 280 Å². The molecule has 0 bridgehead atoms. The summed E-state index contributed by atoms with van der Waals surface area (Å²) in [6.45, 7) is 12.5. The van der Waals surface area contributed by atoms with Crippen LogP contribution in [0.5, 0.6) is 0 Å². The third-order valence-corrected chi connectivity index (χ3v) is 11.7. The zero-order valence-electron chi connectivity index (χ0n) is 25.5. The minimum absolute atomic E-state index is 0. The van der Waals surface area contributed by atoms with Gasteiger partial charge in [-0.3, -0.25) is 9.78 Å². The predicted octanol–water partition coefficient (Wildman–Crippen LogP) is 11.8. The SMILES string of the molecule is CCC(CC)C(=O)/C=C(\O)C(CC)CC.Cc1sc2[c-]c(-c3nc4ccccc4s3)c3c4ccccc4sc3c2c1C.[Ir]. The van der Waals surface area contributed by atoms with E-state index < -0.39 is 0 Å². The molecule has 227 valence electrons. The molecule has 0 saturated carbocycles. The van der Waals surface area contributed by atoms with Gasteiger partial charge in [0.2, 0.25) is 0 Å². The topological polar surface area (TPSA) is 50.2 Å². The van der Waals surface area contributed by atoms with Crippen molar-refractivity contribution in [3.8, 4) is 10.6 Å². The van der Waals surface area contributed by atoms with Gasteiger partial charge in [-0.05, 0) is 77.4 Å². The van der Waals surface area contributed by atoms with Crippen molar-refractivity contribution in [3.63, 3.8) is 0 Å². The van der Waals surface area contributed by atoms with Crippen LogP contribution in [0.15, 0.2) is 60.4 Å². The molecule has 0 aliphatic carbocycles. The summed E-state index contributed by atoms with van der Waals surface area (Å²) in [5, 5.41) is 14.8. The summed E-state index contributed by atoms with van der Waals surface area (Å²) in [6.07, 6.45) is 4.91. The van der Waals surface area contributed by atoms with Gasteiger partial charge in [-0.2, -0.15) is 34.0 Å². The quantitative estimate of drug-likeness (QED) is 0.0947. The fraction of sp³-hybridized carbons (Fsp3) is 0.333.